The van der Waals surface area contributed by atoms with Crippen molar-refractivity contribution in [1.82, 2.24) is 14.1 Å². The van der Waals surface area contributed by atoms with Crippen molar-refractivity contribution in [3.63, 3.8) is 0 Å². The number of aromatic nitrogens is 3. The Morgan fingerprint density at radius 3 is 2.57 bits per heavy atom. The van der Waals surface area contributed by atoms with Gasteiger partial charge in [-0.3, -0.25) is 9.36 Å². The Bertz CT molecular complexity index is 1260. The van der Waals surface area contributed by atoms with Gasteiger partial charge in [-0.1, -0.05) is 71.1 Å². The summed E-state index contributed by atoms with van der Waals surface area (Å²) < 4.78 is 4.81. The van der Waals surface area contributed by atoms with Gasteiger partial charge in [0, 0.05) is 17.3 Å². The van der Waals surface area contributed by atoms with Crippen LogP contribution in [0.5, 0.6) is 0 Å². The van der Waals surface area contributed by atoms with Crippen LogP contribution in [0.25, 0.3) is 16.0 Å². The average Bonchev–Trinajstić information content (AvgIpc) is 3.03. The summed E-state index contributed by atoms with van der Waals surface area (Å²) in [5, 5.41) is 1.33. The lowest BCUT2D eigenvalue weighted by Gasteiger charge is -2.13. The van der Waals surface area contributed by atoms with Crippen molar-refractivity contribution in [2.75, 3.05) is 0 Å². The maximum atomic E-state index is 13.3. The van der Waals surface area contributed by atoms with Gasteiger partial charge in [0.05, 0.1) is 5.69 Å². The Morgan fingerprint density at radius 2 is 1.86 bits per heavy atom. The van der Waals surface area contributed by atoms with Gasteiger partial charge in [0.25, 0.3) is 5.56 Å². The van der Waals surface area contributed by atoms with Crippen LogP contribution in [0.3, 0.4) is 0 Å². The van der Waals surface area contributed by atoms with Gasteiger partial charge in [0.15, 0.2) is 14.8 Å². The lowest BCUT2D eigenvalue weighted by molar-refractivity contribution is 0.753. The van der Waals surface area contributed by atoms with Gasteiger partial charge >= 0.3 is 0 Å². The first-order chi connectivity index (χ1) is 13.6. The fourth-order valence-electron chi connectivity index (χ4n) is 2.91. The van der Waals surface area contributed by atoms with Crippen molar-refractivity contribution in [3.05, 3.63) is 79.5 Å². The third kappa shape index (κ3) is 3.55. The first-order valence-corrected chi connectivity index (χ1v) is 11.3. The molecule has 2 aromatic heterocycles. The highest BCUT2D eigenvalue weighted by Gasteiger charge is 2.18. The third-order valence-corrected chi connectivity index (χ3v) is 7.09. The van der Waals surface area contributed by atoms with Gasteiger partial charge in [0.1, 0.15) is 4.70 Å². The number of fused-ring (bicyclic) bond motifs is 1. The number of para-hydroxylation sites is 1. The van der Waals surface area contributed by atoms with Crippen molar-refractivity contribution in [2.24, 2.45) is 0 Å². The monoisotopic (exact) mass is 445 g/mol. The number of thiazole rings is 1. The van der Waals surface area contributed by atoms with Crippen molar-refractivity contribution >= 4 is 57.3 Å². The van der Waals surface area contributed by atoms with E-state index >= 15 is 0 Å². The third-order valence-electron chi connectivity index (χ3n) is 4.30. The summed E-state index contributed by atoms with van der Waals surface area (Å²) in [6.07, 6.45) is 0. The quantitative estimate of drug-likeness (QED) is 0.216. The Hall–Kier alpha value is -1.93. The maximum absolute atomic E-state index is 13.3. The molecular weight excluding hydrogens is 430 g/mol. The highest BCUT2D eigenvalue weighted by molar-refractivity contribution is 7.98. The number of hydrogen-bond acceptors (Lipinski definition) is 5. The molecule has 0 spiro atoms. The van der Waals surface area contributed by atoms with E-state index < -0.39 is 0 Å². The molecule has 0 fully saturated rings. The molecule has 0 radical (unpaired) electrons. The van der Waals surface area contributed by atoms with E-state index in [1.807, 2.05) is 66.1 Å². The average molecular weight is 446 g/mol. The van der Waals surface area contributed by atoms with Gasteiger partial charge < -0.3 is 4.57 Å². The van der Waals surface area contributed by atoms with Crippen molar-refractivity contribution in [1.29, 1.82) is 0 Å². The minimum atomic E-state index is -0.0961. The molecule has 8 heteroatoms. The second-order valence-electron chi connectivity index (χ2n) is 6.02. The lowest BCUT2D eigenvalue weighted by Crippen LogP contribution is -2.21. The van der Waals surface area contributed by atoms with Crippen LogP contribution >= 0.6 is 46.9 Å². The molecule has 0 unspecified atom stereocenters. The molecule has 2 aromatic carbocycles. The normalized spacial score (nSPS) is 11.2. The Balaban J connectivity index is 1.90. The number of hydrogen-bond donors (Lipinski definition) is 0. The summed E-state index contributed by atoms with van der Waals surface area (Å²) in [6, 6.07) is 17.3. The predicted octanol–water partition coefficient (Wildman–Crippen LogP) is 5.94. The van der Waals surface area contributed by atoms with Crippen LogP contribution in [0.1, 0.15) is 12.5 Å². The minimum absolute atomic E-state index is 0.0961. The molecule has 0 aliphatic heterocycles. The molecule has 142 valence electrons. The molecule has 0 saturated heterocycles. The molecule has 28 heavy (non-hydrogen) atoms. The van der Waals surface area contributed by atoms with E-state index in [0.29, 0.717) is 36.8 Å². The zero-order valence-corrected chi connectivity index (χ0v) is 18.2. The van der Waals surface area contributed by atoms with Gasteiger partial charge in [-0.25, -0.2) is 4.98 Å². The Kier molecular flexibility index (Phi) is 5.68. The van der Waals surface area contributed by atoms with Crippen LogP contribution in [-0.4, -0.2) is 14.1 Å². The first kappa shape index (κ1) is 19.4. The zero-order chi connectivity index (χ0) is 19.7. The smallest absolute Gasteiger partial charge is 0.278 e. The Morgan fingerprint density at radius 1 is 1.14 bits per heavy atom. The minimum Gasteiger partial charge on any atom is -0.308 e. The summed E-state index contributed by atoms with van der Waals surface area (Å²) in [5.74, 6) is 0.613. The SMILES string of the molecule is CCn1c(=S)sc2c(=O)n(-c3ccccc3)c(SCc3ccccc3Cl)nc21. The Labute approximate surface area is 180 Å². The zero-order valence-electron chi connectivity index (χ0n) is 15.0. The summed E-state index contributed by atoms with van der Waals surface area (Å²) in [5.41, 5.74) is 2.34. The fraction of sp³-hybridized carbons (Fsp3) is 0.150. The van der Waals surface area contributed by atoms with Crippen LogP contribution in [0.2, 0.25) is 5.02 Å². The van der Waals surface area contributed by atoms with Crippen LogP contribution in [0.4, 0.5) is 0 Å². The number of rotatable bonds is 5. The van der Waals surface area contributed by atoms with Gasteiger partial charge in [-0.2, -0.15) is 0 Å². The molecule has 4 aromatic rings. The van der Waals surface area contributed by atoms with Crippen molar-refractivity contribution in [2.45, 2.75) is 24.4 Å². The molecule has 0 amide bonds. The van der Waals surface area contributed by atoms with E-state index in [9.17, 15) is 4.79 Å². The maximum Gasteiger partial charge on any atom is 0.278 e. The first-order valence-electron chi connectivity index (χ1n) is 8.68. The molecule has 4 rings (SSSR count). The summed E-state index contributed by atoms with van der Waals surface area (Å²) in [7, 11) is 0. The van der Waals surface area contributed by atoms with E-state index in [1.165, 1.54) is 23.1 Å². The number of benzene rings is 2. The fourth-order valence-corrected chi connectivity index (χ4v) is 5.59. The van der Waals surface area contributed by atoms with Gasteiger partial charge in [0.2, 0.25) is 0 Å². The number of aryl methyl sites for hydroxylation is 1. The van der Waals surface area contributed by atoms with Crippen LogP contribution in [0.15, 0.2) is 64.5 Å². The molecule has 0 bridgehead atoms. The second kappa shape index (κ2) is 8.21. The molecule has 2 heterocycles. The van der Waals surface area contributed by atoms with Crippen LogP contribution < -0.4 is 5.56 Å². The van der Waals surface area contributed by atoms with E-state index in [-0.39, 0.29) is 5.56 Å². The summed E-state index contributed by atoms with van der Waals surface area (Å²) in [6.45, 7) is 2.68. The molecule has 0 N–H and O–H groups in total. The molecule has 4 nitrogen and oxygen atoms in total. The molecule has 0 aliphatic rings. The highest BCUT2D eigenvalue weighted by atomic mass is 35.5. The molecule has 0 aliphatic carbocycles. The standard InChI is InChI=1S/C20H16ClN3OS3/c1-2-23-17-16(28-20(23)26)18(25)24(14-9-4-3-5-10-14)19(22-17)27-12-13-8-6-7-11-15(13)21/h3-11H,2,12H2,1H3. The predicted molar refractivity (Wildman–Crippen MR) is 121 cm³/mol. The van der Waals surface area contributed by atoms with E-state index in [2.05, 4.69) is 0 Å². The van der Waals surface area contributed by atoms with Crippen LogP contribution in [-0.2, 0) is 12.3 Å². The van der Waals surface area contributed by atoms with Gasteiger partial charge in [-0.05, 0) is 42.9 Å². The summed E-state index contributed by atoms with van der Waals surface area (Å²) in [4.78, 5) is 18.2. The second-order valence-corrected chi connectivity index (χ2v) is 9.01. The molecule has 0 saturated carbocycles. The van der Waals surface area contributed by atoms with E-state index in [1.54, 1.807) is 4.57 Å². The topological polar surface area (TPSA) is 39.8 Å². The van der Waals surface area contributed by atoms with Gasteiger partial charge in [-0.15, -0.1) is 0 Å². The van der Waals surface area contributed by atoms with Crippen LogP contribution in [0, 0.1) is 3.95 Å². The summed E-state index contributed by atoms with van der Waals surface area (Å²) >= 11 is 14.6. The number of nitrogens with zero attached hydrogens (tertiary/aromatic N) is 3. The lowest BCUT2D eigenvalue weighted by atomic mass is 10.2. The highest BCUT2D eigenvalue weighted by Crippen LogP contribution is 2.29. The largest absolute Gasteiger partial charge is 0.308 e. The number of halogens is 1. The van der Waals surface area contributed by atoms with E-state index in [4.69, 9.17) is 28.8 Å². The number of thioether (sulfide) groups is 1. The van der Waals surface area contributed by atoms with Crippen molar-refractivity contribution < 1.29 is 0 Å². The van der Waals surface area contributed by atoms with Crippen molar-refractivity contribution in [3.8, 4) is 5.69 Å². The molecule has 0 atom stereocenters. The molecular formula is C20H16ClN3OS3. The van der Waals surface area contributed by atoms with E-state index in [0.717, 1.165) is 11.3 Å².